The fourth-order valence-electron chi connectivity index (χ4n) is 5.44. The Morgan fingerprint density at radius 1 is 1.14 bits per heavy atom. The first-order valence-corrected chi connectivity index (χ1v) is 13.3. The van der Waals surface area contributed by atoms with Gasteiger partial charge >= 0.3 is 0 Å². The lowest BCUT2D eigenvalue weighted by Gasteiger charge is -2.34. The Bertz CT molecular complexity index is 1010. The summed E-state index contributed by atoms with van der Waals surface area (Å²) >= 11 is 0. The van der Waals surface area contributed by atoms with Crippen LogP contribution < -0.4 is 20.3 Å². The normalized spacial score (nSPS) is 20.9. The average molecular weight is 496 g/mol. The van der Waals surface area contributed by atoms with Crippen molar-refractivity contribution in [2.24, 2.45) is 17.8 Å². The minimum absolute atomic E-state index is 0.0464. The number of carbonyl (C=O) groups is 1. The average Bonchev–Trinajstić information content (AvgIpc) is 3.40. The van der Waals surface area contributed by atoms with Crippen LogP contribution in [0.3, 0.4) is 0 Å². The zero-order valence-corrected chi connectivity index (χ0v) is 20.8. The SMILES string of the molecule is O=C(Nc1ccccc1)C1CCCN(c2nc(NCC(CO)CC3CCOCC3)nc3c2CCO3)C1. The van der Waals surface area contributed by atoms with Gasteiger partial charge in [0.15, 0.2) is 0 Å². The van der Waals surface area contributed by atoms with Crippen molar-refractivity contribution in [1.29, 1.82) is 0 Å². The van der Waals surface area contributed by atoms with Crippen LogP contribution in [-0.4, -0.2) is 67.0 Å². The lowest BCUT2D eigenvalue weighted by molar-refractivity contribution is -0.120. The third-order valence-corrected chi connectivity index (χ3v) is 7.49. The van der Waals surface area contributed by atoms with E-state index < -0.39 is 0 Å². The molecule has 2 fully saturated rings. The van der Waals surface area contributed by atoms with Crippen molar-refractivity contribution in [2.45, 2.75) is 38.5 Å². The van der Waals surface area contributed by atoms with Crippen molar-refractivity contribution >= 4 is 23.4 Å². The number of ether oxygens (including phenoxy) is 2. The smallest absolute Gasteiger partial charge is 0.229 e. The van der Waals surface area contributed by atoms with Crippen LogP contribution in [0.2, 0.25) is 0 Å². The van der Waals surface area contributed by atoms with Crippen molar-refractivity contribution in [3.63, 3.8) is 0 Å². The highest BCUT2D eigenvalue weighted by atomic mass is 16.5. The Morgan fingerprint density at radius 3 is 2.78 bits per heavy atom. The van der Waals surface area contributed by atoms with Crippen molar-refractivity contribution in [1.82, 2.24) is 9.97 Å². The van der Waals surface area contributed by atoms with Gasteiger partial charge < -0.3 is 30.1 Å². The van der Waals surface area contributed by atoms with E-state index in [1.807, 2.05) is 30.3 Å². The first-order valence-electron chi connectivity index (χ1n) is 13.3. The number of aromatic nitrogens is 2. The molecule has 1 aromatic heterocycles. The molecule has 9 nitrogen and oxygen atoms in total. The highest BCUT2D eigenvalue weighted by molar-refractivity contribution is 5.93. The second-order valence-corrected chi connectivity index (χ2v) is 10.1. The van der Waals surface area contributed by atoms with Crippen LogP contribution in [0.5, 0.6) is 5.88 Å². The van der Waals surface area contributed by atoms with E-state index in [9.17, 15) is 9.90 Å². The van der Waals surface area contributed by atoms with Gasteiger partial charge in [0, 0.05) is 51.6 Å². The van der Waals surface area contributed by atoms with Gasteiger partial charge in [-0.3, -0.25) is 4.79 Å². The molecule has 194 valence electrons. The predicted molar refractivity (Wildman–Crippen MR) is 138 cm³/mol. The minimum Gasteiger partial charge on any atom is -0.477 e. The monoisotopic (exact) mass is 495 g/mol. The fourth-order valence-corrected chi connectivity index (χ4v) is 5.44. The maximum absolute atomic E-state index is 13.0. The Kier molecular flexibility index (Phi) is 8.18. The first-order chi connectivity index (χ1) is 17.7. The van der Waals surface area contributed by atoms with Gasteiger partial charge in [-0.25, -0.2) is 0 Å². The molecular weight excluding hydrogens is 458 g/mol. The number of rotatable bonds is 9. The molecule has 4 heterocycles. The highest BCUT2D eigenvalue weighted by Gasteiger charge is 2.31. The van der Waals surface area contributed by atoms with Crippen LogP contribution in [0, 0.1) is 17.8 Å². The zero-order chi connectivity index (χ0) is 24.7. The van der Waals surface area contributed by atoms with Gasteiger partial charge in [0.05, 0.1) is 18.1 Å². The van der Waals surface area contributed by atoms with Gasteiger partial charge in [-0.1, -0.05) is 18.2 Å². The van der Waals surface area contributed by atoms with Crippen molar-refractivity contribution < 1.29 is 19.4 Å². The van der Waals surface area contributed by atoms with E-state index in [4.69, 9.17) is 14.5 Å². The quantitative estimate of drug-likeness (QED) is 0.487. The molecular formula is C27H37N5O4. The van der Waals surface area contributed by atoms with Gasteiger partial charge in [-0.2, -0.15) is 9.97 Å². The number of aliphatic hydroxyl groups is 1. The molecule has 5 rings (SSSR count). The first kappa shape index (κ1) is 24.8. The van der Waals surface area contributed by atoms with Crippen molar-refractivity contribution in [3.8, 4) is 5.88 Å². The largest absolute Gasteiger partial charge is 0.477 e. The van der Waals surface area contributed by atoms with Crippen LogP contribution in [0.25, 0.3) is 0 Å². The van der Waals surface area contributed by atoms with E-state index in [1.54, 1.807) is 0 Å². The summed E-state index contributed by atoms with van der Waals surface area (Å²) < 4.78 is 11.3. The molecule has 0 bridgehead atoms. The second-order valence-electron chi connectivity index (χ2n) is 10.1. The summed E-state index contributed by atoms with van der Waals surface area (Å²) in [5.41, 5.74) is 1.84. The molecule has 2 aromatic rings. The third-order valence-electron chi connectivity index (χ3n) is 7.49. The summed E-state index contributed by atoms with van der Waals surface area (Å²) in [6.45, 7) is 4.41. The number of hydrogen-bond acceptors (Lipinski definition) is 8. The van der Waals surface area contributed by atoms with Gasteiger partial charge in [0.1, 0.15) is 5.82 Å². The van der Waals surface area contributed by atoms with Gasteiger partial charge in [0.2, 0.25) is 17.7 Å². The Hall–Kier alpha value is -2.91. The van der Waals surface area contributed by atoms with E-state index in [0.29, 0.717) is 37.4 Å². The number of carbonyl (C=O) groups excluding carboxylic acids is 1. The number of aliphatic hydroxyl groups excluding tert-OH is 1. The standard InChI is InChI=1S/C27H37N5O4/c33-18-20(15-19-8-12-35-13-9-19)16-28-27-30-24(23-10-14-36-26(23)31-27)32-11-4-5-21(17-32)25(34)29-22-6-2-1-3-7-22/h1-3,6-7,19-21,33H,4-5,8-18H2,(H,29,34)(H,28,30,31). The molecule has 3 aliphatic heterocycles. The molecule has 2 atom stereocenters. The molecule has 1 amide bonds. The van der Waals surface area contributed by atoms with Crippen LogP contribution >= 0.6 is 0 Å². The molecule has 2 saturated heterocycles. The number of fused-ring (bicyclic) bond motifs is 1. The van der Waals surface area contributed by atoms with Crippen molar-refractivity contribution in [2.75, 3.05) is 61.6 Å². The molecule has 3 N–H and O–H groups in total. The number of anilines is 3. The number of amides is 1. The van der Waals surface area contributed by atoms with Gasteiger partial charge in [-0.05, 0) is 56.1 Å². The Labute approximate surface area is 212 Å². The van der Waals surface area contributed by atoms with Gasteiger partial charge in [-0.15, -0.1) is 0 Å². The van der Waals surface area contributed by atoms with Crippen LogP contribution in [-0.2, 0) is 16.0 Å². The van der Waals surface area contributed by atoms with E-state index in [-0.39, 0.29) is 24.3 Å². The van der Waals surface area contributed by atoms with E-state index in [0.717, 1.165) is 75.4 Å². The topological polar surface area (TPSA) is 109 Å². The molecule has 36 heavy (non-hydrogen) atoms. The Morgan fingerprint density at radius 2 is 1.97 bits per heavy atom. The van der Waals surface area contributed by atoms with Gasteiger partial charge in [0.25, 0.3) is 0 Å². The summed E-state index contributed by atoms with van der Waals surface area (Å²) in [5.74, 6) is 2.67. The molecule has 0 aliphatic carbocycles. The molecule has 2 unspecified atom stereocenters. The third kappa shape index (κ3) is 6.07. The molecule has 0 saturated carbocycles. The molecule has 9 heteroatoms. The van der Waals surface area contributed by atoms with E-state index in [2.05, 4.69) is 20.5 Å². The second kappa shape index (κ2) is 11.9. The number of piperidine rings is 1. The minimum atomic E-state index is -0.110. The number of nitrogens with zero attached hydrogens (tertiary/aromatic N) is 3. The van der Waals surface area contributed by atoms with Crippen molar-refractivity contribution in [3.05, 3.63) is 35.9 Å². The van der Waals surface area contributed by atoms with E-state index >= 15 is 0 Å². The van der Waals surface area contributed by atoms with E-state index in [1.165, 1.54) is 0 Å². The molecule has 0 spiro atoms. The summed E-state index contributed by atoms with van der Waals surface area (Å²) in [6.07, 6.45) is 5.62. The highest BCUT2D eigenvalue weighted by Crippen LogP contribution is 2.35. The molecule has 0 radical (unpaired) electrons. The van der Waals surface area contributed by atoms with Crippen LogP contribution in [0.1, 0.15) is 37.7 Å². The number of benzene rings is 1. The lowest BCUT2D eigenvalue weighted by atomic mass is 9.89. The molecule has 3 aliphatic rings. The Balaban J connectivity index is 1.25. The maximum Gasteiger partial charge on any atom is 0.229 e. The predicted octanol–water partition coefficient (Wildman–Crippen LogP) is 3.10. The number of para-hydroxylation sites is 1. The summed E-state index contributed by atoms with van der Waals surface area (Å²) in [7, 11) is 0. The molecule has 1 aromatic carbocycles. The summed E-state index contributed by atoms with van der Waals surface area (Å²) in [5, 5.41) is 16.4. The number of hydrogen-bond donors (Lipinski definition) is 3. The summed E-state index contributed by atoms with van der Waals surface area (Å²) in [6, 6.07) is 9.60. The zero-order valence-electron chi connectivity index (χ0n) is 20.8. The fraction of sp³-hybridized carbons (Fsp3) is 0.593. The number of nitrogens with one attached hydrogen (secondary N) is 2. The maximum atomic E-state index is 13.0. The lowest BCUT2D eigenvalue weighted by Crippen LogP contribution is -2.41. The van der Waals surface area contributed by atoms with Crippen LogP contribution in [0.15, 0.2) is 30.3 Å². The summed E-state index contributed by atoms with van der Waals surface area (Å²) in [4.78, 5) is 24.7. The van der Waals surface area contributed by atoms with Crippen LogP contribution in [0.4, 0.5) is 17.5 Å².